The molecular weight excluding hydrogens is 505 g/mol. The van der Waals surface area contributed by atoms with E-state index < -0.39 is 39.9 Å². The summed E-state index contributed by atoms with van der Waals surface area (Å²) < 4.78 is 52.0. The first-order chi connectivity index (χ1) is 18.1. The lowest BCUT2D eigenvalue weighted by Crippen LogP contribution is -2.31. The fraction of sp³-hybridized carbons (Fsp3) is 0.185. The molecule has 2 heterocycles. The second-order valence-corrected chi connectivity index (χ2v) is 8.68. The summed E-state index contributed by atoms with van der Waals surface area (Å²) >= 11 is 0. The van der Waals surface area contributed by atoms with Crippen LogP contribution in [0.1, 0.15) is 22.7 Å². The number of carbonyl (C=O) groups excluding carboxylic acids is 1. The second-order valence-electron chi connectivity index (χ2n) is 8.68. The first-order valence-electron chi connectivity index (χ1n) is 11.4. The van der Waals surface area contributed by atoms with Crippen LogP contribution < -0.4 is 10.3 Å². The average molecular weight is 524 g/mol. The number of aromatic nitrogens is 1. The highest BCUT2D eigenvalue weighted by Gasteiger charge is 2.41. The van der Waals surface area contributed by atoms with Crippen LogP contribution in [0, 0.1) is 10.1 Å². The summed E-state index contributed by atoms with van der Waals surface area (Å²) in [6.45, 7) is -0.372. The molecule has 38 heavy (non-hydrogen) atoms. The van der Waals surface area contributed by atoms with E-state index in [1.54, 1.807) is 18.2 Å². The summed E-state index contributed by atoms with van der Waals surface area (Å²) in [5.41, 5.74) is -2.56. The van der Waals surface area contributed by atoms with Gasteiger partial charge in [-0.05, 0) is 34.0 Å². The van der Waals surface area contributed by atoms with Crippen molar-refractivity contribution >= 4 is 22.4 Å². The molecule has 1 unspecified atom stereocenters. The van der Waals surface area contributed by atoms with Gasteiger partial charge in [-0.1, -0.05) is 54.6 Å². The van der Waals surface area contributed by atoms with Gasteiger partial charge < -0.3 is 9.47 Å². The maximum atomic E-state index is 13.6. The molecule has 0 saturated heterocycles. The maximum Gasteiger partial charge on any atom is 0.416 e. The third kappa shape index (κ3) is 4.15. The van der Waals surface area contributed by atoms with Gasteiger partial charge in [-0.15, -0.1) is 0 Å². The number of ether oxygens (including phenoxy) is 2. The normalized spacial score (nSPS) is 14.7. The standard InChI is InChI=1S/C27H19F3N2O6/c1-37-26(34)21-14-38-25-22(17-9-5-10-18(12-17)27(28,29)30)20(23(32(35)36)24(33)31(21)25)13-16-8-4-7-15-6-2-3-11-19(15)16/h2-12,21H,13-14H2,1H3. The smallest absolute Gasteiger partial charge is 0.416 e. The molecule has 5 rings (SSSR count). The minimum atomic E-state index is -4.69. The molecule has 4 aromatic rings. The Morgan fingerprint density at radius 3 is 2.55 bits per heavy atom. The molecule has 0 N–H and O–H groups in total. The van der Waals surface area contributed by atoms with Crippen LogP contribution in [0.15, 0.2) is 71.5 Å². The van der Waals surface area contributed by atoms with E-state index in [1.165, 1.54) is 12.1 Å². The third-order valence-electron chi connectivity index (χ3n) is 6.51. The molecule has 1 aliphatic rings. The molecule has 1 aromatic heterocycles. The van der Waals surface area contributed by atoms with Crippen LogP contribution >= 0.6 is 0 Å². The molecule has 1 atom stereocenters. The molecule has 0 bridgehead atoms. The topological polar surface area (TPSA) is 101 Å². The number of hydrogen-bond donors (Lipinski definition) is 0. The lowest BCUT2D eigenvalue weighted by molar-refractivity contribution is -0.387. The van der Waals surface area contributed by atoms with Crippen molar-refractivity contribution in [3.8, 4) is 17.0 Å². The van der Waals surface area contributed by atoms with E-state index in [0.717, 1.165) is 34.6 Å². The Morgan fingerprint density at radius 2 is 1.84 bits per heavy atom. The first-order valence-corrected chi connectivity index (χ1v) is 11.4. The quantitative estimate of drug-likeness (QED) is 0.200. The van der Waals surface area contributed by atoms with Crippen LogP contribution in [0.3, 0.4) is 0 Å². The lowest BCUT2D eigenvalue weighted by atomic mass is 9.91. The number of rotatable bonds is 5. The van der Waals surface area contributed by atoms with Crippen molar-refractivity contribution in [2.24, 2.45) is 0 Å². The molecule has 0 fully saturated rings. The van der Waals surface area contributed by atoms with Crippen LogP contribution in [0.25, 0.3) is 21.9 Å². The number of halogens is 3. The van der Waals surface area contributed by atoms with Crippen molar-refractivity contribution in [2.45, 2.75) is 18.6 Å². The van der Waals surface area contributed by atoms with E-state index in [2.05, 4.69) is 0 Å². The molecule has 11 heteroatoms. The fourth-order valence-corrected chi connectivity index (χ4v) is 4.82. The summed E-state index contributed by atoms with van der Waals surface area (Å²) in [7, 11) is 1.09. The predicted molar refractivity (Wildman–Crippen MR) is 131 cm³/mol. The van der Waals surface area contributed by atoms with Gasteiger partial charge in [0.2, 0.25) is 5.88 Å². The molecule has 0 saturated carbocycles. The molecule has 1 aliphatic heterocycles. The Balaban J connectivity index is 1.86. The van der Waals surface area contributed by atoms with E-state index in [-0.39, 0.29) is 35.6 Å². The number of hydrogen-bond acceptors (Lipinski definition) is 6. The molecule has 0 spiro atoms. The number of nitrogens with zero attached hydrogens (tertiary/aromatic N) is 2. The fourth-order valence-electron chi connectivity index (χ4n) is 4.82. The van der Waals surface area contributed by atoms with Crippen LogP contribution in [0.4, 0.5) is 18.9 Å². The Labute approximate surface area is 213 Å². The van der Waals surface area contributed by atoms with Crippen LogP contribution in [-0.4, -0.2) is 29.2 Å². The average Bonchev–Trinajstić information content (AvgIpc) is 3.33. The Bertz CT molecular complexity index is 1660. The van der Waals surface area contributed by atoms with Gasteiger partial charge in [0.25, 0.3) is 0 Å². The predicted octanol–water partition coefficient (Wildman–Crippen LogP) is 5.29. The number of methoxy groups -OCH3 is 1. The Morgan fingerprint density at radius 1 is 1.13 bits per heavy atom. The molecule has 3 aromatic carbocycles. The van der Waals surface area contributed by atoms with Gasteiger partial charge in [-0.2, -0.15) is 13.2 Å². The van der Waals surface area contributed by atoms with Gasteiger partial charge >= 0.3 is 23.4 Å². The number of benzene rings is 3. The molecule has 8 nitrogen and oxygen atoms in total. The van der Waals surface area contributed by atoms with Crippen molar-refractivity contribution in [1.29, 1.82) is 0 Å². The van der Waals surface area contributed by atoms with Crippen LogP contribution in [0.2, 0.25) is 0 Å². The molecular formula is C27H19F3N2O6. The van der Waals surface area contributed by atoms with Crippen molar-refractivity contribution < 1.29 is 32.4 Å². The van der Waals surface area contributed by atoms with E-state index in [0.29, 0.717) is 5.56 Å². The van der Waals surface area contributed by atoms with Crippen LogP contribution in [-0.2, 0) is 22.1 Å². The number of alkyl halides is 3. The molecule has 0 amide bonds. The van der Waals surface area contributed by atoms with E-state index >= 15 is 0 Å². The van der Waals surface area contributed by atoms with Crippen molar-refractivity contribution in [3.05, 3.63) is 104 Å². The Hall–Kier alpha value is -4.67. The van der Waals surface area contributed by atoms with Crippen molar-refractivity contribution in [3.63, 3.8) is 0 Å². The number of nitro groups is 1. The molecule has 194 valence electrons. The van der Waals surface area contributed by atoms with E-state index in [9.17, 15) is 32.9 Å². The first kappa shape index (κ1) is 25.0. The minimum Gasteiger partial charge on any atom is -0.475 e. The zero-order valence-corrected chi connectivity index (χ0v) is 19.8. The summed E-state index contributed by atoms with van der Waals surface area (Å²) in [5.74, 6) is -1.11. The zero-order valence-electron chi connectivity index (χ0n) is 19.8. The summed E-state index contributed by atoms with van der Waals surface area (Å²) in [6, 6.07) is 15.5. The van der Waals surface area contributed by atoms with Crippen molar-refractivity contribution in [1.82, 2.24) is 4.57 Å². The second kappa shape index (κ2) is 9.33. The highest BCUT2D eigenvalue weighted by atomic mass is 19.4. The number of esters is 1. The van der Waals surface area contributed by atoms with Gasteiger partial charge in [-0.3, -0.25) is 19.5 Å². The molecule has 0 radical (unpaired) electrons. The number of fused-ring (bicyclic) bond motifs is 2. The van der Waals surface area contributed by atoms with Gasteiger partial charge in [0.15, 0.2) is 6.04 Å². The van der Waals surface area contributed by atoms with Gasteiger partial charge in [0.1, 0.15) is 6.61 Å². The summed E-state index contributed by atoms with van der Waals surface area (Å²) in [5, 5.41) is 13.9. The van der Waals surface area contributed by atoms with E-state index in [1.807, 2.05) is 24.3 Å². The summed E-state index contributed by atoms with van der Waals surface area (Å²) in [4.78, 5) is 37.3. The van der Waals surface area contributed by atoms with Crippen molar-refractivity contribution in [2.75, 3.05) is 13.7 Å². The van der Waals surface area contributed by atoms with E-state index in [4.69, 9.17) is 9.47 Å². The third-order valence-corrected chi connectivity index (χ3v) is 6.51. The Kier molecular flexibility index (Phi) is 6.14. The zero-order chi connectivity index (χ0) is 27.2. The highest BCUT2D eigenvalue weighted by Crippen LogP contribution is 2.43. The van der Waals surface area contributed by atoms with Gasteiger partial charge in [0.05, 0.1) is 28.7 Å². The SMILES string of the molecule is COC(=O)C1COc2c(-c3cccc(C(F)(F)F)c3)c(Cc3cccc4ccccc34)c([N+](=O)[O-])c(=O)n21. The lowest BCUT2D eigenvalue weighted by Gasteiger charge is -2.18. The minimum absolute atomic E-state index is 0.0487. The maximum absolute atomic E-state index is 13.6. The largest absolute Gasteiger partial charge is 0.475 e. The van der Waals surface area contributed by atoms with Gasteiger partial charge in [-0.25, -0.2) is 4.79 Å². The monoisotopic (exact) mass is 524 g/mol. The number of carbonyl (C=O) groups is 1. The van der Waals surface area contributed by atoms with Gasteiger partial charge in [0, 0.05) is 6.42 Å². The molecule has 0 aliphatic carbocycles. The van der Waals surface area contributed by atoms with Crippen LogP contribution in [0.5, 0.6) is 5.88 Å². The number of pyridine rings is 1. The summed E-state index contributed by atoms with van der Waals surface area (Å²) in [6.07, 6.45) is -4.85. The highest BCUT2D eigenvalue weighted by molar-refractivity contribution is 5.87.